The minimum Gasteiger partial charge on any atom is -0.144 e. The molecule has 2 aromatic rings. The summed E-state index contributed by atoms with van der Waals surface area (Å²) in [5.74, 6) is 0. The summed E-state index contributed by atoms with van der Waals surface area (Å²) >= 11 is 15.2. The highest BCUT2D eigenvalue weighted by Gasteiger charge is 2.30. The van der Waals surface area contributed by atoms with Crippen LogP contribution in [0.1, 0.15) is 23.6 Å². The molecule has 0 fully saturated rings. The van der Waals surface area contributed by atoms with Gasteiger partial charge in [-0.1, -0.05) is 59.2 Å². The van der Waals surface area contributed by atoms with Crippen LogP contribution >= 0.6 is 93.2 Å². The van der Waals surface area contributed by atoms with Crippen molar-refractivity contribution in [1.82, 2.24) is 0 Å². The van der Waals surface area contributed by atoms with Crippen LogP contribution in [0.25, 0.3) is 11.1 Å². The van der Waals surface area contributed by atoms with Gasteiger partial charge in [-0.2, -0.15) is 0 Å². The van der Waals surface area contributed by atoms with E-state index in [-0.39, 0.29) is 0 Å². The molecule has 0 radical (unpaired) electrons. The third-order valence-corrected chi connectivity index (χ3v) is 13.7. The Morgan fingerprint density at radius 3 is 1.39 bits per heavy atom. The number of hydrogen-bond donors (Lipinski definition) is 0. The van der Waals surface area contributed by atoms with Crippen molar-refractivity contribution in [3.05, 3.63) is 71.5 Å². The second kappa shape index (κ2) is 9.73. The fraction of sp³-hybridized carbons (Fsp3) is 0.200. The maximum Gasteiger partial charge on any atom is 0.0595 e. The van der Waals surface area contributed by atoms with Crippen LogP contribution in [-0.4, -0.2) is 12.5 Å². The molecule has 0 bridgehead atoms. The summed E-state index contributed by atoms with van der Waals surface area (Å²) in [6, 6.07) is 8.88. The van der Waals surface area contributed by atoms with Gasteiger partial charge in [0.05, 0.1) is 16.9 Å². The first-order chi connectivity index (χ1) is 13.6. The first kappa shape index (κ1) is 21.7. The number of rotatable bonds is 5. The second-order valence-corrected chi connectivity index (χ2v) is 14.8. The normalized spacial score (nSPS) is 21.1. The van der Waals surface area contributed by atoms with Gasteiger partial charge in [-0.25, -0.2) is 0 Å². The minimum atomic E-state index is 1.36. The highest BCUT2D eigenvalue weighted by atomic mass is 32.2. The Labute approximate surface area is 200 Å². The fourth-order valence-corrected chi connectivity index (χ4v) is 12.1. The van der Waals surface area contributed by atoms with Gasteiger partial charge in [0, 0.05) is 30.7 Å². The Kier molecular flexibility index (Phi) is 7.53. The largest absolute Gasteiger partial charge is 0.144 e. The average Bonchev–Trinajstić information content (AvgIpc) is 3.47. The Morgan fingerprint density at radius 1 is 0.679 bits per heavy atom. The van der Waals surface area contributed by atoms with Gasteiger partial charge in [0.15, 0.2) is 0 Å². The SMILES string of the molecule is CSC1=C(C)S/C(=C(/C(=C2/SC(C)=C(SC)S2)c2cccs2)c2cccs2)S1. The van der Waals surface area contributed by atoms with E-state index in [4.69, 9.17) is 0 Å². The summed E-state index contributed by atoms with van der Waals surface area (Å²) < 4.78 is 5.68. The van der Waals surface area contributed by atoms with E-state index in [9.17, 15) is 0 Å². The van der Waals surface area contributed by atoms with Gasteiger partial charge in [0.2, 0.25) is 0 Å². The first-order valence-corrected chi connectivity index (χ1v) is 15.9. The molecular formula is C20H18S8. The van der Waals surface area contributed by atoms with E-state index in [0.717, 1.165) is 0 Å². The van der Waals surface area contributed by atoms with E-state index in [1.54, 1.807) is 0 Å². The summed E-state index contributed by atoms with van der Waals surface area (Å²) in [6.07, 6.45) is 4.36. The van der Waals surface area contributed by atoms with Gasteiger partial charge < -0.3 is 0 Å². The molecule has 0 aromatic carbocycles. The van der Waals surface area contributed by atoms with Crippen LogP contribution in [-0.2, 0) is 0 Å². The second-order valence-electron chi connectivity index (χ2n) is 5.78. The van der Waals surface area contributed by atoms with Crippen molar-refractivity contribution in [2.24, 2.45) is 0 Å². The maximum atomic E-state index is 2.27. The van der Waals surface area contributed by atoms with Crippen LogP contribution in [0.4, 0.5) is 0 Å². The molecule has 0 aliphatic carbocycles. The third kappa shape index (κ3) is 4.40. The van der Waals surface area contributed by atoms with Crippen LogP contribution < -0.4 is 0 Å². The molecule has 0 unspecified atom stereocenters. The van der Waals surface area contributed by atoms with E-state index in [1.165, 1.54) is 47.7 Å². The maximum absolute atomic E-state index is 2.27. The molecular weight excluding hydrogens is 497 g/mol. The molecule has 0 nitrogen and oxygen atoms in total. The van der Waals surface area contributed by atoms with Gasteiger partial charge in [0.25, 0.3) is 0 Å². The lowest BCUT2D eigenvalue weighted by molar-refractivity contribution is 1.71. The highest BCUT2D eigenvalue weighted by Crippen LogP contribution is 2.62. The number of thioether (sulfide) groups is 6. The van der Waals surface area contributed by atoms with E-state index >= 15 is 0 Å². The zero-order chi connectivity index (χ0) is 19.7. The minimum absolute atomic E-state index is 1.36. The molecule has 0 saturated heterocycles. The zero-order valence-corrected chi connectivity index (χ0v) is 22.3. The highest BCUT2D eigenvalue weighted by molar-refractivity contribution is 8.36. The molecule has 146 valence electrons. The van der Waals surface area contributed by atoms with E-state index < -0.39 is 0 Å². The Balaban J connectivity index is 1.91. The van der Waals surface area contributed by atoms with Gasteiger partial charge >= 0.3 is 0 Å². The number of thiophene rings is 2. The Hall–Kier alpha value is 0.460. The van der Waals surface area contributed by atoms with Crippen LogP contribution in [0.5, 0.6) is 0 Å². The summed E-state index contributed by atoms with van der Waals surface area (Å²) in [7, 11) is 0. The molecule has 2 aromatic heterocycles. The average molecular weight is 515 g/mol. The Morgan fingerprint density at radius 2 is 1.11 bits per heavy atom. The monoisotopic (exact) mass is 514 g/mol. The molecule has 0 atom stereocenters. The molecule has 0 N–H and O–H groups in total. The van der Waals surface area contributed by atoms with Gasteiger partial charge in [0.1, 0.15) is 0 Å². The van der Waals surface area contributed by atoms with Crippen molar-refractivity contribution in [3.8, 4) is 0 Å². The molecule has 28 heavy (non-hydrogen) atoms. The predicted octanol–water partition coefficient (Wildman–Crippen LogP) is 9.91. The molecule has 2 aliphatic rings. The van der Waals surface area contributed by atoms with Crippen LogP contribution in [0, 0.1) is 0 Å². The van der Waals surface area contributed by atoms with E-state index in [1.807, 2.05) is 93.2 Å². The van der Waals surface area contributed by atoms with Crippen molar-refractivity contribution in [2.45, 2.75) is 13.8 Å². The first-order valence-electron chi connectivity index (χ1n) is 8.40. The van der Waals surface area contributed by atoms with Gasteiger partial charge in [-0.15, -0.1) is 46.2 Å². The third-order valence-electron chi connectivity index (χ3n) is 4.00. The summed E-state index contributed by atoms with van der Waals surface area (Å²) in [4.78, 5) is 5.56. The summed E-state index contributed by atoms with van der Waals surface area (Å²) in [6.45, 7) is 4.49. The number of allylic oxidation sites excluding steroid dienone is 4. The standard InChI is InChI=1S/C20H18S8/c1-11-17(21-3)27-19(25-11)15(13-7-5-9-23-13)16(14-8-6-10-24-14)20-26-12(2)18(22-4)28-20/h5-10H,1-4H3/b19-15-,20-16-. The van der Waals surface area contributed by atoms with Crippen molar-refractivity contribution in [1.29, 1.82) is 0 Å². The molecule has 0 amide bonds. The quantitative estimate of drug-likeness (QED) is 0.386. The topological polar surface area (TPSA) is 0 Å². The van der Waals surface area contributed by atoms with E-state index in [2.05, 4.69) is 61.4 Å². The smallest absolute Gasteiger partial charge is 0.0595 e. The lowest BCUT2D eigenvalue weighted by Gasteiger charge is -2.16. The van der Waals surface area contributed by atoms with Crippen molar-refractivity contribution in [3.63, 3.8) is 0 Å². The Bertz CT molecular complexity index is 905. The lowest BCUT2D eigenvalue weighted by Crippen LogP contribution is -1.90. The van der Waals surface area contributed by atoms with Gasteiger partial charge in [-0.3, -0.25) is 0 Å². The molecule has 0 spiro atoms. The van der Waals surface area contributed by atoms with Crippen molar-refractivity contribution < 1.29 is 0 Å². The molecule has 4 heterocycles. The molecule has 0 saturated carbocycles. The summed E-state index contributed by atoms with van der Waals surface area (Å²) in [5.41, 5.74) is 2.81. The van der Waals surface area contributed by atoms with E-state index in [0.29, 0.717) is 0 Å². The predicted molar refractivity (Wildman–Crippen MR) is 145 cm³/mol. The zero-order valence-electron chi connectivity index (χ0n) is 15.7. The van der Waals surface area contributed by atoms with Gasteiger partial charge in [-0.05, 0) is 49.3 Å². The van der Waals surface area contributed by atoms with Crippen molar-refractivity contribution >= 4 is 104 Å². The van der Waals surface area contributed by atoms with Crippen LogP contribution in [0.2, 0.25) is 0 Å². The van der Waals surface area contributed by atoms with Crippen molar-refractivity contribution in [2.75, 3.05) is 12.5 Å². The van der Waals surface area contributed by atoms with Crippen LogP contribution in [0.15, 0.2) is 61.8 Å². The fourth-order valence-electron chi connectivity index (χ4n) is 2.78. The summed E-state index contributed by atoms with van der Waals surface area (Å²) in [5, 5.41) is 4.39. The number of hydrogen-bond acceptors (Lipinski definition) is 8. The lowest BCUT2D eigenvalue weighted by atomic mass is 10.1. The van der Waals surface area contributed by atoms with Crippen LogP contribution in [0.3, 0.4) is 0 Å². The molecule has 8 heteroatoms. The molecule has 2 aliphatic heterocycles. The molecule has 4 rings (SSSR count).